The van der Waals surface area contributed by atoms with E-state index in [4.69, 9.17) is 0 Å². The van der Waals surface area contributed by atoms with Gasteiger partial charge in [0.2, 0.25) is 11.8 Å². The van der Waals surface area contributed by atoms with E-state index >= 15 is 0 Å². The third-order valence-corrected chi connectivity index (χ3v) is 7.98. The smallest absolute Gasteiger partial charge is 0.323 e. The Labute approximate surface area is 227 Å². The van der Waals surface area contributed by atoms with E-state index in [0.717, 1.165) is 31.5 Å². The molecule has 2 N–H and O–H groups in total. The molecule has 39 heavy (non-hydrogen) atoms. The van der Waals surface area contributed by atoms with Crippen LogP contribution in [0.3, 0.4) is 0 Å². The molecule has 10 heteroatoms. The summed E-state index contributed by atoms with van der Waals surface area (Å²) in [5.41, 5.74) is 1.87. The maximum absolute atomic E-state index is 13.9. The van der Waals surface area contributed by atoms with Crippen LogP contribution in [0.5, 0.6) is 0 Å². The van der Waals surface area contributed by atoms with Gasteiger partial charge in [-0.25, -0.2) is 9.18 Å². The van der Waals surface area contributed by atoms with E-state index in [1.165, 1.54) is 19.1 Å². The fourth-order valence-electron chi connectivity index (χ4n) is 5.90. The summed E-state index contributed by atoms with van der Waals surface area (Å²) in [7, 11) is 0. The molecule has 206 valence electrons. The summed E-state index contributed by atoms with van der Waals surface area (Å²) >= 11 is 0. The fraction of sp³-hybridized carbons (Fsp3) is 0.448. The number of nitrogens with zero attached hydrogens (tertiary/aromatic N) is 3. The summed E-state index contributed by atoms with van der Waals surface area (Å²) in [6.45, 7) is 3.82. The number of urea groups is 1. The number of Topliss-reactive ketones (excluding diaryl/α,β-unsaturated/α-hetero) is 1. The zero-order valence-corrected chi connectivity index (χ0v) is 22.1. The first-order valence-electron chi connectivity index (χ1n) is 13.6. The summed E-state index contributed by atoms with van der Waals surface area (Å²) in [4.78, 5) is 57.3. The second-order valence-corrected chi connectivity index (χ2v) is 10.5. The predicted molar refractivity (Wildman–Crippen MR) is 143 cm³/mol. The van der Waals surface area contributed by atoms with Crippen LogP contribution in [0.1, 0.15) is 42.1 Å². The van der Waals surface area contributed by atoms with Gasteiger partial charge in [0.05, 0.1) is 6.54 Å². The largest absolute Gasteiger partial charge is 0.337 e. The standard InChI is InChI=1S/C29H34FN5O4/c1-19(36)21-5-7-24(8-6-21)32-29(39)34-16-12-26(37)35-25(34)18-33(15-11-20-3-2-4-23(30)17-20)28(38)27(35)22-9-13-31-14-10-22/h2-8,17,22,25,27,31H,9-16,18H2,1H3,(H,32,39)/t25-,27+/m1/s1. The van der Waals surface area contributed by atoms with Crippen molar-refractivity contribution in [3.8, 4) is 0 Å². The molecule has 2 aromatic carbocycles. The lowest BCUT2D eigenvalue weighted by Gasteiger charge is -2.54. The molecule has 2 aromatic rings. The van der Waals surface area contributed by atoms with Crippen LogP contribution < -0.4 is 10.6 Å². The Bertz CT molecular complexity index is 1250. The van der Waals surface area contributed by atoms with Gasteiger partial charge < -0.3 is 25.3 Å². The lowest BCUT2D eigenvalue weighted by Crippen LogP contribution is -2.73. The minimum Gasteiger partial charge on any atom is -0.337 e. The van der Waals surface area contributed by atoms with E-state index in [2.05, 4.69) is 10.6 Å². The third kappa shape index (κ3) is 5.80. The van der Waals surface area contributed by atoms with Gasteiger partial charge >= 0.3 is 6.03 Å². The summed E-state index contributed by atoms with van der Waals surface area (Å²) in [5, 5.41) is 6.21. The number of piperazine rings is 1. The van der Waals surface area contributed by atoms with Crippen LogP contribution in [0.15, 0.2) is 48.5 Å². The van der Waals surface area contributed by atoms with Gasteiger partial charge in [-0.05, 0) is 87.2 Å². The van der Waals surface area contributed by atoms with Crippen molar-refractivity contribution in [3.63, 3.8) is 0 Å². The lowest BCUT2D eigenvalue weighted by molar-refractivity contribution is -0.170. The second-order valence-electron chi connectivity index (χ2n) is 10.5. The molecular weight excluding hydrogens is 501 g/mol. The van der Waals surface area contributed by atoms with Crippen molar-refractivity contribution in [2.45, 2.75) is 44.8 Å². The molecule has 3 saturated heterocycles. The number of hydrogen-bond donors (Lipinski definition) is 2. The van der Waals surface area contributed by atoms with Crippen molar-refractivity contribution in [3.05, 3.63) is 65.5 Å². The van der Waals surface area contributed by atoms with E-state index in [9.17, 15) is 23.6 Å². The number of halogens is 1. The molecule has 3 aliphatic rings. The first kappa shape index (κ1) is 26.8. The molecule has 0 saturated carbocycles. The van der Waals surface area contributed by atoms with Gasteiger partial charge in [-0.2, -0.15) is 0 Å². The van der Waals surface area contributed by atoms with Crippen molar-refractivity contribution in [1.29, 1.82) is 0 Å². The van der Waals surface area contributed by atoms with Gasteiger partial charge in [-0.1, -0.05) is 12.1 Å². The first-order valence-corrected chi connectivity index (χ1v) is 13.6. The Morgan fingerprint density at radius 3 is 2.51 bits per heavy atom. The summed E-state index contributed by atoms with van der Waals surface area (Å²) in [5.74, 6) is -0.619. The molecular formula is C29H34FN5O4. The number of carbonyl (C=O) groups excluding carboxylic acids is 4. The Balaban J connectivity index is 1.39. The number of nitrogens with one attached hydrogen (secondary N) is 2. The molecule has 0 aliphatic carbocycles. The summed E-state index contributed by atoms with van der Waals surface area (Å²) in [6, 6.07) is 12.0. The number of benzene rings is 2. The van der Waals surface area contributed by atoms with Crippen LogP contribution in [0, 0.1) is 11.7 Å². The zero-order valence-electron chi connectivity index (χ0n) is 22.1. The molecule has 3 aliphatic heterocycles. The van der Waals surface area contributed by atoms with E-state index in [0.29, 0.717) is 24.2 Å². The van der Waals surface area contributed by atoms with Gasteiger partial charge in [0.15, 0.2) is 5.78 Å². The number of amides is 4. The topological polar surface area (TPSA) is 102 Å². The van der Waals surface area contributed by atoms with E-state index in [1.807, 2.05) is 6.07 Å². The fourth-order valence-corrected chi connectivity index (χ4v) is 5.90. The lowest BCUT2D eigenvalue weighted by atomic mass is 9.85. The Kier molecular flexibility index (Phi) is 7.92. The normalized spacial score (nSPS) is 22.1. The highest BCUT2D eigenvalue weighted by atomic mass is 19.1. The quantitative estimate of drug-likeness (QED) is 0.554. The molecule has 0 unspecified atom stereocenters. The van der Waals surface area contributed by atoms with Crippen molar-refractivity contribution >= 4 is 29.3 Å². The van der Waals surface area contributed by atoms with E-state index in [1.54, 1.807) is 45.0 Å². The average molecular weight is 536 g/mol. The number of carbonyl (C=O) groups is 4. The monoisotopic (exact) mass is 535 g/mol. The zero-order chi connectivity index (χ0) is 27.5. The van der Waals surface area contributed by atoms with E-state index in [-0.39, 0.29) is 54.9 Å². The van der Waals surface area contributed by atoms with Crippen LogP contribution in [0.2, 0.25) is 0 Å². The molecule has 3 heterocycles. The van der Waals surface area contributed by atoms with Crippen LogP contribution in [-0.4, -0.2) is 83.3 Å². The number of piperidine rings is 1. The highest BCUT2D eigenvalue weighted by Gasteiger charge is 2.51. The molecule has 0 spiro atoms. The molecule has 0 aromatic heterocycles. The van der Waals surface area contributed by atoms with Gasteiger partial charge in [0.25, 0.3) is 0 Å². The highest BCUT2D eigenvalue weighted by molar-refractivity contribution is 5.96. The van der Waals surface area contributed by atoms with Crippen LogP contribution in [-0.2, 0) is 16.0 Å². The number of hydrogen-bond acceptors (Lipinski definition) is 5. The number of anilines is 1. The maximum atomic E-state index is 13.9. The third-order valence-electron chi connectivity index (χ3n) is 7.98. The average Bonchev–Trinajstić information content (AvgIpc) is 2.93. The molecule has 0 radical (unpaired) electrons. The summed E-state index contributed by atoms with van der Waals surface area (Å²) < 4.78 is 13.8. The molecule has 4 amide bonds. The molecule has 3 fully saturated rings. The van der Waals surface area contributed by atoms with Gasteiger partial charge in [-0.3, -0.25) is 14.4 Å². The van der Waals surface area contributed by atoms with Crippen LogP contribution >= 0.6 is 0 Å². The molecule has 0 bridgehead atoms. The molecule has 9 nitrogen and oxygen atoms in total. The molecule has 5 rings (SSSR count). The van der Waals surface area contributed by atoms with E-state index < -0.39 is 12.2 Å². The predicted octanol–water partition coefficient (Wildman–Crippen LogP) is 2.87. The first-order chi connectivity index (χ1) is 18.8. The van der Waals surface area contributed by atoms with Crippen LogP contribution in [0.25, 0.3) is 0 Å². The SMILES string of the molecule is CC(=O)c1ccc(NC(=O)N2CCC(=O)N3[C@@H](C4CCNCC4)C(=O)N(CCc4cccc(F)c4)C[C@H]23)cc1. The second kappa shape index (κ2) is 11.5. The minimum absolute atomic E-state index is 0.00990. The Morgan fingerprint density at radius 2 is 1.82 bits per heavy atom. The Hall–Kier alpha value is -3.79. The van der Waals surface area contributed by atoms with Gasteiger partial charge in [0, 0.05) is 30.8 Å². The number of rotatable bonds is 6. The number of fused-ring (bicyclic) bond motifs is 1. The van der Waals surface area contributed by atoms with Crippen molar-refractivity contribution in [2.24, 2.45) is 5.92 Å². The van der Waals surface area contributed by atoms with Gasteiger partial charge in [-0.15, -0.1) is 0 Å². The Morgan fingerprint density at radius 1 is 1.08 bits per heavy atom. The number of ketones is 1. The van der Waals surface area contributed by atoms with Crippen molar-refractivity contribution < 1.29 is 23.6 Å². The minimum atomic E-state index is -0.642. The molecule has 2 atom stereocenters. The van der Waals surface area contributed by atoms with Crippen molar-refractivity contribution in [2.75, 3.05) is 38.0 Å². The van der Waals surface area contributed by atoms with Gasteiger partial charge in [0.1, 0.15) is 18.0 Å². The van der Waals surface area contributed by atoms with Crippen molar-refractivity contribution in [1.82, 2.24) is 20.0 Å². The highest BCUT2D eigenvalue weighted by Crippen LogP contribution is 2.33. The maximum Gasteiger partial charge on any atom is 0.323 e. The van der Waals surface area contributed by atoms with Crippen LogP contribution in [0.4, 0.5) is 14.9 Å². The summed E-state index contributed by atoms with van der Waals surface area (Å²) in [6.07, 6.45) is 1.54.